The fraction of sp³-hybridized carbons (Fsp3) is 1.00. The van der Waals surface area contributed by atoms with Crippen molar-refractivity contribution in [3.8, 4) is 0 Å². The van der Waals surface area contributed by atoms with Crippen molar-refractivity contribution in [3.63, 3.8) is 0 Å². The Bertz CT molecular complexity index is 737. The van der Waals surface area contributed by atoms with E-state index in [1.807, 2.05) is 0 Å². The number of alkyl halides is 6. The van der Waals surface area contributed by atoms with Gasteiger partial charge in [-0.25, -0.2) is 0 Å². The van der Waals surface area contributed by atoms with Gasteiger partial charge in [0.25, 0.3) is 5.60 Å². The first-order chi connectivity index (χ1) is 15.6. The van der Waals surface area contributed by atoms with E-state index in [9.17, 15) is 36.6 Å². The van der Waals surface area contributed by atoms with E-state index >= 15 is 0 Å². The summed E-state index contributed by atoms with van der Waals surface area (Å²) in [5.74, 6) is 1.26. The molecule has 0 amide bonds. The number of fused-ring (bicyclic) bond motifs is 5. The summed E-state index contributed by atoms with van der Waals surface area (Å²) in [6.07, 6.45) is -4.51. The molecule has 4 aliphatic rings. The Labute approximate surface area is 198 Å². The minimum absolute atomic E-state index is 0.0261. The molecule has 0 aromatic heterocycles. The maximum atomic E-state index is 13.2. The van der Waals surface area contributed by atoms with E-state index in [1.54, 1.807) is 6.92 Å². The average Bonchev–Trinajstić information content (AvgIpc) is 3.07. The molecule has 0 radical (unpaired) electrons. The molecule has 4 fully saturated rings. The molecule has 2 nitrogen and oxygen atoms in total. The van der Waals surface area contributed by atoms with Crippen molar-refractivity contribution in [2.45, 2.75) is 115 Å². The zero-order chi connectivity index (χ0) is 25.3. The second kappa shape index (κ2) is 8.53. The molecule has 0 aliphatic heterocycles. The van der Waals surface area contributed by atoms with Gasteiger partial charge in [0.05, 0.1) is 6.10 Å². The molecule has 0 aromatic carbocycles. The predicted molar refractivity (Wildman–Crippen MR) is 117 cm³/mol. The predicted octanol–water partition coefficient (Wildman–Crippen LogP) is 7.28. The van der Waals surface area contributed by atoms with E-state index < -0.39 is 24.4 Å². The van der Waals surface area contributed by atoms with Gasteiger partial charge >= 0.3 is 12.4 Å². The van der Waals surface area contributed by atoms with Gasteiger partial charge < -0.3 is 10.2 Å². The van der Waals surface area contributed by atoms with E-state index in [0.717, 1.165) is 51.4 Å². The van der Waals surface area contributed by atoms with E-state index in [2.05, 4.69) is 13.8 Å². The smallest absolute Gasteiger partial charge is 0.393 e. The molecule has 7 unspecified atom stereocenters. The van der Waals surface area contributed by atoms with Crippen LogP contribution < -0.4 is 0 Å². The molecule has 8 heteroatoms. The van der Waals surface area contributed by atoms with Gasteiger partial charge in [0.1, 0.15) is 0 Å². The minimum atomic E-state index is -5.75. The second-order valence-electron chi connectivity index (χ2n) is 12.6. The van der Waals surface area contributed by atoms with Crippen molar-refractivity contribution in [3.05, 3.63) is 0 Å². The molecule has 2 N–H and O–H groups in total. The lowest BCUT2D eigenvalue weighted by molar-refractivity contribution is -0.370. The van der Waals surface area contributed by atoms with Crippen LogP contribution in [-0.4, -0.2) is 34.3 Å². The first-order valence-corrected chi connectivity index (χ1v) is 13.1. The first-order valence-electron chi connectivity index (χ1n) is 13.1. The molecule has 0 aromatic rings. The normalized spacial score (nSPS) is 44.2. The Hall–Kier alpha value is -0.500. The van der Waals surface area contributed by atoms with Gasteiger partial charge in [-0.3, -0.25) is 0 Å². The summed E-state index contributed by atoms with van der Waals surface area (Å²) in [4.78, 5) is 0. The highest BCUT2D eigenvalue weighted by atomic mass is 19.4. The Kier molecular flexibility index (Phi) is 6.66. The molecule has 4 rings (SSSR count). The SMILES string of the molecule is CC(CCC(O)(C(F)(F)F)C(F)(F)F)C1CCC2C3C[C@H](O)[C@@H]4CCCCC4(C)C3CCC12C. The van der Waals surface area contributed by atoms with Gasteiger partial charge in [0.15, 0.2) is 0 Å². The quantitative estimate of drug-likeness (QED) is 0.400. The van der Waals surface area contributed by atoms with E-state index in [0.29, 0.717) is 23.7 Å². The number of hydrogen-bond acceptors (Lipinski definition) is 2. The van der Waals surface area contributed by atoms with Crippen LogP contribution in [0.2, 0.25) is 0 Å². The van der Waals surface area contributed by atoms with Gasteiger partial charge in [-0.1, -0.05) is 33.6 Å². The van der Waals surface area contributed by atoms with Crippen molar-refractivity contribution in [2.24, 2.45) is 46.3 Å². The van der Waals surface area contributed by atoms with Gasteiger partial charge in [0.2, 0.25) is 0 Å². The van der Waals surface area contributed by atoms with Crippen LogP contribution in [-0.2, 0) is 0 Å². The van der Waals surface area contributed by atoms with Gasteiger partial charge in [0, 0.05) is 0 Å². The molecule has 0 bridgehead atoms. The fourth-order valence-electron chi connectivity index (χ4n) is 9.41. The topological polar surface area (TPSA) is 40.5 Å². The molecular weight excluding hydrogens is 458 g/mol. The number of rotatable bonds is 4. The largest absolute Gasteiger partial charge is 0.426 e. The Balaban J connectivity index is 1.50. The summed E-state index contributed by atoms with van der Waals surface area (Å²) in [6.45, 7) is 6.29. The van der Waals surface area contributed by atoms with Gasteiger partial charge in [-0.05, 0) is 104 Å². The van der Waals surface area contributed by atoms with Crippen LogP contribution >= 0.6 is 0 Å². The second-order valence-corrected chi connectivity index (χ2v) is 12.6. The minimum Gasteiger partial charge on any atom is -0.393 e. The average molecular weight is 499 g/mol. The zero-order valence-electron chi connectivity index (χ0n) is 20.5. The molecule has 4 saturated carbocycles. The Morgan fingerprint density at radius 2 is 1.44 bits per heavy atom. The summed E-state index contributed by atoms with van der Waals surface area (Å²) in [5.41, 5.74) is -4.68. The number of aliphatic hydroxyl groups is 2. The fourth-order valence-corrected chi connectivity index (χ4v) is 9.41. The highest BCUT2D eigenvalue weighted by molar-refractivity contribution is 5.11. The monoisotopic (exact) mass is 498 g/mol. The molecule has 0 spiro atoms. The highest BCUT2D eigenvalue weighted by Gasteiger charge is 2.70. The molecule has 34 heavy (non-hydrogen) atoms. The van der Waals surface area contributed by atoms with E-state index in [-0.39, 0.29) is 35.2 Å². The number of hydrogen-bond donors (Lipinski definition) is 2. The molecule has 4 aliphatic carbocycles. The summed E-state index contributed by atoms with van der Waals surface area (Å²) >= 11 is 0. The van der Waals surface area contributed by atoms with Crippen LogP contribution in [0.3, 0.4) is 0 Å². The van der Waals surface area contributed by atoms with Crippen molar-refractivity contribution in [2.75, 3.05) is 0 Å². The van der Waals surface area contributed by atoms with Crippen LogP contribution in [0, 0.1) is 46.3 Å². The van der Waals surface area contributed by atoms with Gasteiger partial charge in [-0.2, -0.15) is 26.3 Å². The first kappa shape index (κ1) is 26.6. The van der Waals surface area contributed by atoms with E-state index in [4.69, 9.17) is 0 Å². The molecular formula is C26H40F6O2. The molecule has 0 heterocycles. The van der Waals surface area contributed by atoms with Crippen LogP contribution in [0.1, 0.15) is 91.4 Å². The molecule has 198 valence electrons. The van der Waals surface area contributed by atoms with Crippen molar-refractivity contribution in [1.29, 1.82) is 0 Å². The summed E-state index contributed by atoms with van der Waals surface area (Å²) in [5, 5.41) is 20.7. The summed E-state index contributed by atoms with van der Waals surface area (Å²) in [7, 11) is 0. The Morgan fingerprint density at radius 3 is 2.06 bits per heavy atom. The van der Waals surface area contributed by atoms with E-state index in [1.165, 1.54) is 6.42 Å². The van der Waals surface area contributed by atoms with Crippen molar-refractivity contribution >= 4 is 0 Å². The maximum absolute atomic E-state index is 13.2. The lowest BCUT2D eigenvalue weighted by atomic mass is 9.44. The molecule has 0 saturated heterocycles. The van der Waals surface area contributed by atoms with Crippen LogP contribution in [0.4, 0.5) is 26.3 Å². The highest BCUT2D eigenvalue weighted by Crippen LogP contribution is 2.68. The lowest BCUT2D eigenvalue weighted by Crippen LogP contribution is -2.57. The number of halogens is 6. The van der Waals surface area contributed by atoms with Crippen molar-refractivity contribution in [1.82, 2.24) is 0 Å². The van der Waals surface area contributed by atoms with Gasteiger partial charge in [-0.15, -0.1) is 0 Å². The third-order valence-corrected chi connectivity index (χ3v) is 11.2. The van der Waals surface area contributed by atoms with Crippen LogP contribution in [0.5, 0.6) is 0 Å². The lowest BCUT2D eigenvalue weighted by Gasteiger charge is -2.62. The maximum Gasteiger partial charge on any atom is 0.426 e. The summed E-state index contributed by atoms with van der Waals surface area (Å²) in [6, 6.07) is 0. The molecule has 9 atom stereocenters. The summed E-state index contributed by atoms with van der Waals surface area (Å²) < 4.78 is 79.0. The number of aliphatic hydroxyl groups excluding tert-OH is 1. The standard InChI is InChI=1S/C26H40F6O2/c1-15(9-13-24(34,25(27,28)29)26(30,31)32)17-7-8-18-16-14-21(33)20-6-4-5-11-22(20,2)19(16)10-12-23(17,18)3/h15-21,33-34H,4-14H2,1-3H3/t15?,16?,17?,18?,19?,20-,21-,22?,23?/m0/s1. The van der Waals surface area contributed by atoms with Crippen LogP contribution in [0.15, 0.2) is 0 Å². The van der Waals surface area contributed by atoms with Crippen LogP contribution in [0.25, 0.3) is 0 Å². The zero-order valence-corrected chi connectivity index (χ0v) is 20.5. The third-order valence-electron chi connectivity index (χ3n) is 11.2. The third kappa shape index (κ3) is 3.92. The Morgan fingerprint density at radius 1 is 0.824 bits per heavy atom. The van der Waals surface area contributed by atoms with Crippen molar-refractivity contribution < 1.29 is 36.6 Å².